The molecule has 1 aromatic carbocycles. The molecular formula is C16H24O3. The number of aliphatic hydroxyl groups is 2. The first-order valence-electron chi connectivity index (χ1n) is 7.25. The SMILES string of the molecule is CC(O)[C@H](O)c1cccc(OCC2CCCCC2)c1. The van der Waals surface area contributed by atoms with E-state index >= 15 is 0 Å². The van der Waals surface area contributed by atoms with Crippen molar-refractivity contribution in [1.29, 1.82) is 0 Å². The highest BCUT2D eigenvalue weighted by atomic mass is 16.5. The molecule has 0 amide bonds. The highest BCUT2D eigenvalue weighted by molar-refractivity contribution is 5.30. The summed E-state index contributed by atoms with van der Waals surface area (Å²) in [6, 6.07) is 7.39. The molecule has 1 unspecified atom stereocenters. The Hall–Kier alpha value is -1.06. The molecule has 2 rings (SSSR count). The van der Waals surface area contributed by atoms with E-state index in [-0.39, 0.29) is 0 Å². The van der Waals surface area contributed by atoms with E-state index in [9.17, 15) is 10.2 Å². The summed E-state index contributed by atoms with van der Waals surface area (Å²) in [5.41, 5.74) is 0.705. The van der Waals surface area contributed by atoms with Gasteiger partial charge in [0.25, 0.3) is 0 Å². The molecule has 1 aliphatic carbocycles. The second kappa shape index (κ2) is 6.92. The lowest BCUT2D eigenvalue weighted by Gasteiger charge is -2.22. The fourth-order valence-electron chi connectivity index (χ4n) is 2.63. The largest absolute Gasteiger partial charge is 0.493 e. The molecule has 2 atom stereocenters. The minimum Gasteiger partial charge on any atom is -0.493 e. The standard InChI is InChI=1S/C16H24O3/c1-12(17)16(18)14-8-5-9-15(10-14)19-11-13-6-3-2-4-7-13/h5,8-10,12-13,16-18H,2-4,6-7,11H2,1H3/t12?,16-/m0/s1. The second-order valence-corrected chi connectivity index (χ2v) is 5.57. The van der Waals surface area contributed by atoms with Gasteiger partial charge in [0.05, 0.1) is 12.7 Å². The molecule has 2 N–H and O–H groups in total. The van der Waals surface area contributed by atoms with Crippen molar-refractivity contribution in [3.8, 4) is 5.75 Å². The summed E-state index contributed by atoms with van der Waals surface area (Å²) >= 11 is 0. The lowest BCUT2D eigenvalue weighted by molar-refractivity contribution is 0.0303. The monoisotopic (exact) mass is 264 g/mol. The van der Waals surface area contributed by atoms with Gasteiger partial charge >= 0.3 is 0 Å². The van der Waals surface area contributed by atoms with Gasteiger partial charge < -0.3 is 14.9 Å². The van der Waals surface area contributed by atoms with Crippen LogP contribution in [-0.2, 0) is 0 Å². The molecule has 1 aliphatic rings. The molecule has 1 aromatic rings. The summed E-state index contributed by atoms with van der Waals surface area (Å²) < 4.78 is 5.82. The Kier molecular flexibility index (Phi) is 5.23. The zero-order valence-corrected chi connectivity index (χ0v) is 11.6. The lowest BCUT2D eigenvalue weighted by Crippen LogP contribution is -2.16. The van der Waals surface area contributed by atoms with E-state index in [4.69, 9.17) is 4.74 Å². The van der Waals surface area contributed by atoms with E-state index in [0.29, 0.717) is 11.5 Å². The summed E-state index contributed by atoms with van der Waals surface area (Å²) in [5.74, 6) is 1.45. The first-order chi connectivity index (χ1) is 9.16. The highest BCUT2D eigenvalue weighted by Crippen LogP contribution is 2.26. The number of hydrogen-bond donors (Lipinski definition) is 2. The molecule has 106 valence electrons. The maximum absolute atomic E-state index is 9.83. The minimum absolute atomic E-state index is 0.666. The van der Waals surface area contributed by atoms with Crippen molar-refractivity contribution in [2.75, 3.05) is 6.61 Å². The van der Waals surface area contributed by atoms with Crippen LogP contribution >= 0.6 is 0 Å². The number of benzene rings is 1. The van der Waals surface area contributed by atoms with Gasteiger partial charge in [-0.05, 0) is 43.4 Å². The summed E-state index contributed by atoms with van der Waals surface area (Å²) in [6.07, 6.45) is 4.88. The topological polar surface area (TPSA) is 49.7 Å². The molecular weight excluding hydrogens is 240 g/mol. The number of rotatable bonds is 5. The minimum atomic E-state index is -0.849. The Bertz CT molecular complexity index is 383. The summed E-state index contributed by atoms with van der Waals surface area (Å²) in [6.45, 7) is 2.34. The van der Waals surface area contributed by atoms with Crippen LogP contribution in [-0.4, -0.2) is 22.9 Å². The van der Waals surface area contributed by atoms with Crippen LogP contribution in [0.25, 0.3) is 0 Å². The van der Waals surface area contributed by atoms with E-state index in [1.165, 1.54) is 32.1 Å². The Morgan fingerprint density at radius 1 is 1.21 bits per heavy atom. The van der Waals surface area contributed by atoms with Crippen LogP contribution in [0.1, 0.15) is 50.7 Å². The normalized spacial score (nSPS) is 19.9. The molecule has 0 aromatic heterocycles. The molecule has 0 spiro atoms. The summed E-state index contributed by atoms with van der Waals surface area (Å²) in [7, 11) is 0. The van der Waals surface area contributed by atoms with Gasteiger partial charge in [-0.3, -0.25) is 0 Å². The zero-order valence-electron chi connectivity index (χ0n) is 11.6. The molecule has 19 heavy (non-hydrogen) atoms. The first kappa shape index (κ1) is 14.4. The molecule has 0 radical (unpaired) electrons. The van der Waals surface area contributed by atoms with Crippen molar-refractivity contribution in [3.63, 3.8) is 0 Å². The maximum Gasteiger partial charge on any atom is 0.119 e. The van der Waals surface area contributed by atoms with Gasteiger partial charge in [-0.1, -0.05) is 31.4 Å². The summed E-state index contributed by atoms with van der Waals surface area (Å²) in [5, 5.41) is 19.2. The highest BCUT2D eigenvalue weighted by Gasteiger charge is 2.16. The van der Waals surface area contributed by atoms with Crippen LogP contribution in [0.3, 0.4) is 0 Å². The third-order valence-corrected chi connectivity index (χ3v) is 3.87. The van der Waals surface area contributed by atoms with Crippen molar-refractivity contribution in [2.24, 2.45) is 5.92 Å². The summed E-state index contributed by atoms with van der Waals surface area (Å²) in [4.78, 5) is 0. The Balaban J connectivity index is 1.91. The van der Waals surface area contributed by atoms with Gasteiger partial charge in [-0.25, -0.2) is 0 Å². The fraction of sp³-hybridized carbons (Fsp3) is 0.625. The van der Waals surface area contributed by atoms with Gasteiger partial charge in [0, 0.05) is 0 Å². The molecule has 1 fully saturated rings. The van der Waals surface area contributed by atoms with Crippen molar-refractivity contribution >= 4 is 0 Å². The van der Waals surface area contributed by atoms with Gasteiger partial charge in [0.15, 0.2) is 0 Å². The van der Waals surface area contributed by atoms with E-state index < -0.39 is 12.2 Å². The maximum atomic E-state index is 9.83. The molecule has 0 saturated heterocycles. The number of aliphatic hydroxyl groups excluding tert-OH is 2. The molecule has 1 saturated carbocycles. The first-order valence-corrected chi connectivity index (χ1v) is 7.25. The predicted molar refractivity (Wildman–Crippen MR) is 75.2 cm³/mol. The number of hydrogen-bond acceptors (Lipinski definition) is 3. The fourth-order valence-corrected chi connectivity index (χ4v) is 2.63. The van der Waals surface area contributed by atoms with Crippen LogP contribution < -0.4 is 4.74 Å². The van der Waals surface area contributed by atoms with E-state index in [1.807, 2.05) is 24.3 Å². The third-order valence-electron chi connectivity index (χ3n) is 3.87. The van der Waals surface area contributed by atoms with Gasteiger partial charge in [-0.2, -0.15) is 0 Å². The molecule has 3 nitrogen and oxygen atoms in total. The predicted octanol–water partition coefficient (Wildman–Crippen LogP) is 3.06. The second-order valence-electron chi connectivity index (χ2n) is 5.57. The van der Waals surface area contributed by atoms with Gasteiger partial charge in [0.1, 0.15) is 11.9 Å². The zero-order chi connectivity index (χ0) is 13.7. The Labute approximate surface area is 115 Å². The Morgan fingerprint density at radius 2 is 1.95 bits per heavy atom. The van der Waals surface area contributed by atoms with Crippen molar-refractivity contribution in [2.45, 2.75) is 51.2 Å². The average molecular weight is 264 g/mol. The van der Waals surface area contributed by atoms with E-state index in [0.717, 1.165) is 12.4 Å². The molecule has 0 heterocycles. The van der Waals surface area contributed by atoms with Crippen LogP contribution in [0.2, 0.25) is 0 Å². The third kappa shape index (κ3) is 4.22. The van der Waals surface area contributed by atoms with Gasteiger partial charge in [-0.15, -0.1) is 0 Å². The van der Waals surface area contributed by atoms with E-state index in [2.05, 4.69) is 0 Å². The molecule has 3 heteroatoms. The van der Waals surface area contributed by atoms with Crippen molar-refractivity contribution < 1.29 is 14.9 Å². The van der Waals surface area contributed by atoms with Crippen LogP contribution in [0.5, 0.6) is 5.75 Å². The van der Waals surface area contributed by atoms with Crippen molar-refractivity contribution in [3.05, 3.63) is 29.8 Å². The van der Waals surface area contributed by atoms with E-state index in [1.54, 1.807) is 6.92 Å². The van der Waals surface area contributed by atoms with Crippen LogP contribution in [0.4, 0.5) is 0 Å². The number of ether oxygens (including phenoxy) is 1. The Morgan fingerprint density at radius 3 is 2.63 bits per heavy atom. The van der Waals surface area contributed by atoms with Gasteiger partial charge in [0.2, 0.25) is 0 Å². The molecule has 0 aliphatic heterocycles. The quantitative estimate of drug-likeness (QED) is 0.859. The van der Waals surface area contributed by atoms with Crippen molar-refractivity contribution in [1.82, 2.24) is 0 Å². The molecule has 0 bridgehead atoms. The van der Waals surface area contributed by atoms with Crippen LogP contribution in [0, 0.1) is 5.92 Å². The smallest absolute Gasteiger partial charge is 0.119 e. The lowest BCUT2D eigenvalue weighted by atomic mass is 9.90. The average Bonchev–Trinajstić information content (AvgIpc) is 2.45. The van der Waals surface area contributed by atoms with Crippen LogP contribution in [0.15, 0.2) is 24.3 Å².